The zero-order valence-corrected chi connectivity index (χ0v) is 21.0. The van der Waals surface area contributed by atoms with Crippen LogP contribution in [0.15, 0.2) is 18.3 Å². The highest BCUT2D eigenvalue weighted by atomic mass is 19.2. The van der Waals surface area contributed by atoms with Gasteiger partial charge in [0.2, 0.25) is 11.9 Å². The number of ether oxygens (including phenoxy) is 1. The minimum atomic E-state index is -0.916. The predicted molar refractivity (Wildman–Crippen MR) is 136 cm³/mol. The molecule has 2 aromatic heterocycles. The van der Waals surface area contributed by atoms with Crippen LogP contribution in [0.2, 0.25) is 0 Å². The van der Waals surface area contributed by atoms with Crippen molar-refractivity contribution < 1.29 is 13.5 Å². The molecule has 10 heteroatoms. The van der Waals surface area contributed by atoms with Gasteiger partial charge in [-0.3, -0.25) is 0 Å². The molecule has 3 N–H and O–H groups in total. The van der Waals surface area contributed by atoms with Gasteiger partial charge < -0.3 is 20.7 Å². The van der Waals surface area contributed by atoms with Crippen LogP contribution >= 0.6 is 0 Å². The Morgan fingerprint density at radius 1 is 1.00 bits per heavy atom. The molecule has 5 rings (SSSR count). The molecule has 0 saturated carbocycles. The van der Waals surface area contributed by atoms with Gasteiger partial charge in [-0.15, -0.1) is 0 Å². The molecule has 2 bridgehead atoms. The zero-order chi connectivity index (χ0) is 25.1. The Morgan fingerprint density at radius 2 is 1.81 bits per heavy atom. The number of hydrogen-bond acceptors (Lipinski definition) is 7. The van der Waals surface area contributed by atoms with Crippen LogP contribution in [0.25, 0.3) is 5.65 Å². The number of rotatable bonds is 1. The highest BCUT2D eigenvalue weighted by Crippen LogP contribution is 2.35. The first-order valence-electron chi connectivity index (χ1n) is 13.0. The van der Waals surface area contributed by atoms with Gasteiger partial charge in [0.15, 0.2) is 17.3 Å². The van der Waals surface area contributed by atoms with Gasteiger partial charge in [0.25, 0.3) is 0 Å². The van der Waals surface area contributed by atoms with Gasteiger partial charge in [-0.05, 0) is 56.2 Å². The molecule has 4 heterocycles. The van der Waals surface area contributed by atoms with Crippen molar-refractivity contribution in [2.24, 2.45) is 5.41 Å². The van der Waals surface area contributed by atoms with Crippen molar-refractivity contribution in [1.82, 2.24) is 24.9 Å². The lowest BCUT2D eigenvalue weighted by molar-refractivity contribution is 0.192. The minimum absolute atomic E-state index is 0.181. The largest absolute Gasteiger partial charge is 0.493 e. The van der Waals surface area contributed by atoms with Crippen molar-refractivity contribution in [3.05, 3.63) is 41.1 Å². The van der Waals surface area contributed by atoms with E-state index in [4.69, 9.17) is 14.7 Å². The molecule has 1 spiro atoms. The Labute approximate surface area is 210 Å². The molecule has 0 atom stereocenters. The van der Waals surface area contributed by atoms with Crippen molar-refractivity contribution in [3.8, 4) is 5.75 Å². The second kappa shape index (κ2) is 10.5. The molecule has 0 amide bonds. The number of nitrogens with zero attached hydrogens (tertiary/aromatic N) is 4. The van der Waals surface area contributed by atoms with Gasteiger partial charge in [0.05, 0.1) is 12.8 Å². The highest BCUT2D eigenvalue weighted by Gasteiger charge is 2.32. The predicted octanol–water partition coefficient (Wildman–Crippen LogP) is 4.87. The molecule has 194 valence electrons. The van der Waals surface area contributed by atoms with Crippen molar-refractivity contribution in [2.75, 3.05) is 36.9 Å². The smallest absolute Gasteiger partial charge is 0.229 e. The third-order valence-corrected chi connectivity index (χ3v) is 7.45. The van der Waals surface area contributed by atoms with E-state index in [1.54, 1.807) is 4.52 Å². The lowest BCUT2D eigenvalue weighted by Crippen LogP contribution is -2.41. The van der Waals surface area contributed by atoms with E-state index in [-0.39, 0.29) is 17.9 Å². The molecule has 0 radical (unpaired) electrons. The summed E-state index contributed by atoms with van der Waals surface area (Å²) in [5.41, 5.74) is 2.45. The topological polar surface area (TPSA) is 88.4 Å². The summed E-state index contributed by atoms with van der Waals surface area (Å²) in [4.78, 5) is 9.56. The molecule has 8 nitrogen and oxygen atoms in total. The molecule has 2 aliphatic rings. The van der Waals surface area contributed by atoms with Crippen LogP contribution in [0, 0.1) is 17.0 Å². The summed E-state index contributed by atoms with van der Waals surface area (Å²) < 4.78 is 35.7. The van der Waals surface area contributed by atoms with Crippen LogP contribution in [0.4, 0.5) is 20.7 Å². The van der Waals surface area contributed by atoms with E-state index in [1.165, 1.54) is 6.07 Å². The third kappa shape index (κ3) is 5.23. The van der Waals surface area contributed by atoms with Crippen LogP contribution in [0.5, 0.6) is 5.75 Å². The summed E-state index contributed by atoms with van der Waals surface area (Å²) in [6.07, 6.45) is 8.09. The van der Waals surface area contributed by atoms with Crippen LogP contribution in [0.1, 0.15) is 69.4 Å². The van der Waals surface area contributed by atoms with Crippen molar-refractivity contribution in [3.63, 3.8) is 0 Å². The second-order valence-electron chi connectivity index (χ2n) is 10.4. The Bertz CT molecular complexity index is 1210. The van der Waals surface area contributed by atoms with Gasteiger partial charge in [-0.2, -0.15) is 19.6 Å². The first-order chi connectivity index (χ1) is 17.4. The number of hydrogen-bond donors (Lipinski definition) is 3. The van der Waals surface area contributed by atoms with E-state index in [0.29, 0.717) is 29.8 Å². The molecule has 36 heavy (non-hydrogen) atoms. The number of anilines is 2. The van der Waals surface area contributed by atoms with Crippen LogP contribution in [0.3, 0.4) is 0 Å². The third-order valence-electron chi connectivity index (χ3n) is 7.45. The molecular formula is C26H35F2N7O. The number of benzene rings is 1. The first-order valence-corrected chi connectivity index (χ1v) is 13.0. The van der Waals surface area contributed by atoms with E-state index in [2.05, 4.69) is 34.9 Å². The van der Waals surface area contributed by atoms with E-state index >= 15 is 0 Å². The Kier molecular flexibility index (Phi) is 7.22. The molecular weight excluding hydrogens is 464 g/mol. The fraction of sp³-hybridized carbons (Fsp3) is 0.577. The van der Waals surface area contributed by atoms with Crippen molar-refractivity contribution in [2.45, 2.75) is 64.8 Å². The molecule has 0 unspecified atom stereocenters. The van der Waals surface area contributed by atoms with Gasteiger partial charge in [-0.1, -0.05) is 26.7 Å². The Hall–Kier alpha value is -3.01. The average molecular weight is 500 g/mol. The van der Waals surface area contributed by atoms with Gasteiger partial charge in [0.1, 0.15) is 5.75 Å². The minimum Gasteiger partial charge on any atom is -0.493 e. The number of halogens is 2. The van der Waals surface area contributed by atoms with Crippen molar-refractivity contribution >= 4 is 17.5 Å². The molecule has 1 saturated heterocycles. The summed E-state index contributed by atoms with van der Waals surface area (Å²) in [7, 11) is 0. The molecule has 1 fully saturated rings. The lowest BCUT2D eigenvalue weighted by atomic mass is 9.75. The number of fused-ring (bicyclic) bond motifs is 5. The van der Waals surface area contributed by atoms with E-state index in [9.17, 15) is 8.78 Å². The summed E-state index contributed by atoms with van der Waals surface area (Å²) in [5, 5.41) is 14.8. The maximum absolute atomic E-state index is 14.1. The molecule has 2 aliphatic heterocycles. The SMILES string of the molecule is CC(C)c1cnn2c3nc(nc12)NCC1(CCCCCOc2cc(F)c(F)cc2CN3)CCNCC1. The number of nitrogens with one attached hydrogen (secondary N) is 3. The summed E-state index contributed by atoms with van der Waals surface area (Å²) in [5.74, 6) is -0.221. The maximum atomic E-state index is 14.1. The average Bonchev–Trinajstić information content (AvgIpc) is 3.30. The van der Waals surface area contributed by atoms with Gasteiger partial charge >= 0.3 is 0 Å². The zero-order valence-electron chi connectivity index (χ0n) is 21.0. The Balaban J connectivity index is 1.52. The van der Waals surface area contributed by atoms with Crippen LogP contribution in [-0.2, 0) is 6.54 Å². The first kappa shape index (κ1) is 24.7. The van der Waals surface area contributed by atoms with Gasteiger partial charge in [0, 0.05) is 30.3 Å². The molecule has 1 aromatic carbocycles. The van der Waals surface area contributed by atoms with E-state index in [1.807, 2.05) is 6.20 Å². The van der Waals surface area contributed by atoms with E-state index in [0.717, 1.165) is 75.4 Å². The van der Waals surface area contributed by atoms with Crippen molar-refractivity contribution in [1.29, 1.82) is 0 Å². The molecule has 0 aliphatic carbocycles. The number of piperidine rings is 1. The standard InChI is InChI=1S/C26H35F2N7O/c1-17(2)19-15-32-35-23(19)33-24-31-16-26(7-9-29-10-8-26)6-4-3-5-11-36-22-13-21(28)20(27)12-18(22)14-30-25(35)34-24/h12-13,15,17,29H,3-11,14,16H2,1-2H3,(H2,30,31,33,34). The Morgan fingerprint density at radius 3 is 2.61 bits per heavy atom. The summed E-state index contributed by atoms with van der Waals surface area (Å²) in [6, 6.07) is 2.31. The normalized spacial score (nSPS) is 18.9. The summed E-state index contributed by atoms with van der Waals surface area (Å²) in [6.45, 7) is 7.69. The maximum Gasteiger partial charge on any atom is 0.229 e. The van der Waals surface area contributed by atoms with Crippen LogP contribution < -0.4 is 20.7 Å². The monoisotopic (exact) mass is 499 g/mol. The quantitative estimate of drug-likeness (QED) is 0.440. The molecule has 3 aromatic rings. The fourth-order valence-corrected chi connectivity index (χ4v) is 5.21. The summed E-state index contributed by atoms with van der Waals surface area (Å²) >= 11 is 0. The van der Waals surface area contributed by atoms with Gasteiger partial charge in [-0.25, -0.2) is 8.78 Å². The van der Waals surface area contributed by atoms with E-state index < -0.39 is 11.6 Å². The second-order valence-corrected chi connectivity index (χ2v) is 10.4. The lowest BCUT2D eigenvalue weighted by Gasteiger charge is -2.38. The fourth-order valence-electron chi connectivity index (χ4n) is 5.21. The highest BCUT2D eigenvalue weighted by molar-refractivity contribution is 5.56. The number of aromatic nitrogens is 4. The van der Waals surface area contributed by atoms with Crippen LogP contribution in [-0.4, -0.2) is 45.8 Å².